The Morgan fingerprint density at radius 1 is 1.59 bits per heavy atom. The first kappa shape index (κ1) is 14.4. The summed E-state index contributed by atoms with van der Waals surface area (Å²) in [6, 6.07) is 4.21. The second kappa shape index (κ2) is 5.77. The minimum absolute atomic E-state index is 0.246. The number of benzene rings is 1. The predicted octanol–water partition coefficient (Wildman–Crippen LogP) is 2.89. The van der Waals surface area contributed by atoms with E-state index in [4.69, 9.17) is 5.73 Å². The summed E-state index contributed by atoms with van der Waals surface area (Å²) in [6.07, 6.45) is 1.44. The first-order valence-corrected chi connectivity index (χ1v) is 6.50. The number of rotatable bonds is 4. The maximum absolute atomic E-state index is 12.9. The number of nitrogens with one attached hydrogen (secondary N) is 1. The van der Waals surface area contributed by atoms with Crippen LogP contribution in [-0.2, 0) is 4.79 Å². The third-order valence-corrected chi connectivity index (χ3v) is 3.36. The lowest BCUT2D eigenvalue weighted by atomic mass is 9.96. The quantitative estimate of drug-likeness (QED) is 0.821. The van der Waals surface area contributed by atoms with Crippen LogP contribution in [0.2, 0.25) is 0 Å². The molecule has 94 valence electrons. The van der Waals surface area contributed by atoms with E-state index in [9.17, 15) is 9.18 Å². The molecule has 0 aliphatic heterocycles. The van der Waals surface area contributed by atoms with Crippen LogP contribution in [0.15, 0.2) is 18.2 Å². The predicted molar refractivity (Wildman–Crippen MR) is 75.2 cm³/mol. The van der Waals surface area contributed by atoms with Crippen molar-refractivity contribution in [2.75, 3.05) is 5.32 Å². The fraction of sp³-hybridized carbons (Fsp3) is 0.417. The van der Waals surface area contributed by atoms with Crippen LogP contribution in [0.1, 0.15) is 26.7 Å². The van der Waals surface area contributed by atoms with Crippen LogP contribution in [0, 0.1) is 9.39 Å². The van der Waals surface area contributed by atoms with Gasteiger partial charge in [-0.05, 0) is 54.1 Å². The van der Waals surface area contributed by atoms with Crippen LogP contribution in [-0.4, -0.2) is 11.4 Å². The number of amides is 1. The highest BCUT2D eigenvalue weighted by atomic mass is 127. The molecule has 17 heavy (non-hydrogen) atoms. The monoisotopic (exact) mass is 350 g/mol. The molecule has 1 unspecified atom stereocenters. The SMILES string of the molecule is CCCC(C)(N)C(=O)Nc1ccc(F)cc1I. The standard InChI is InChI=1S/C12H16FIN2O/c1-3-6-12(2,15)11(17)16-10-5-4-8(13)7-9(10)14/h4-5,7H,3,6,15H2,1-2H3,(H,16,17). The highest BCUT2D eigenvalue weighted by molar-refractivity contribution is 14.1. The Labute approximate surface area is 114 Å². The van der Waals surface area contributed by atoms with Crippen molar-refractivity contribution in [3.05, 3.63) is 27.6 Å². The fourth-order valence-electron chi connectivity index (χ4n) is 1.49. The lowest BCUT2D eigenvalue weighted by Gasteiger charge is -2.23. The zero-order valence-electron chi connectivity index (χ0n) is 9.89. The molecule has 0 aliphatic rings. The van der Waals surface area contributed by atoms with Crippen LogP contribution in [0.3, 0.4) is 0 Å². The summed E-state index contributed by atoms with van der Waals surface area (Å²) in [4.78, 5) is 11.9. The molecule has 0 heterocycles. The molecule has 1 aromatic carbocycles. The molecule has 3 N–H and O–H groups in total. The van der Waals surface area contributed by atoms with Crippen molar-refractivity contribution in [2.24, 2.45) is 5.73 Å². The van der Waals surface area contributed by atoms with Gasteiger partial charge in [0.1, 0.15) is 5.82 Å². The molecule has 5 heteroatoms. The Morgan fingerprint density at radius 3 is 2.76 bits per heavy atom. The number of halogens is 2. The average Bonchev–Trinajstić information content (AvgIpc) is 2.22. The molecule has 0 spiro atoms. The third-order valence-electron chi connectivity index (χ3n) is 2.47. The van der Waals surface area contributed by atoms with Crippen molar-refractivity contribution in [1.82, 2.24) is 0 Å². The Balaban J connectivity index is 2.81. The van der Waals surface area contributed by atoms with Gasteiger partial charge in [-0.25, -0.2) is 4.39 Å². The van der Waals surface area contributed by atoms with Crippen LogP contribution in [0.25, 0.3) is 0 Å². The Morgan fingerprint density at radius 2 is 2.24 bits per heavy atom. The maximum atomic E-state index is 12.9. The molecule has 0 aromatic heterocycles. The van der Waals surface area contributed by atoms with E-state index in [0.29, 0.717) is 15.7 Å². The molecule has 0 bridgehead atoms. The largest absolute Gasteiger partial charge is 0.324 e. The molecule has 0 saturated heterocycles. The van der Waals surface area contributed by atoms with Gasteiger partial charge in [-0.1, -0.05) is 13.3 Å². The summed E-state index contributed by atoms with van der Waals surface area (Å²) in [7, 11) is 0. The number of hydrogen-bond acceptors (Lipinski definition) is 2. The van der Waals surface area contributed by atoms with Gasteiger partial charge in [0.05, 0.1) is 11.2 Å². The van der Waals surface area contributed by atoms with Gasteiger partial charge in [-0.3, -0.25) is 4.79 Å². The van der Waals surface area contributed by atoms with Gasteiger partial charge in [-0.15, -0.1) is 0 Å². The van der Waals surface area contributed by atoms with E-state index in [0.717, 1.165) is 6.42 Å². The second-order valence-electron chi connectivity index (χ2n) is 4.25. The van der Waals surface area contributed by atoms with E-state index in [-0.39, 0.29) is 11.7 Å². The summed E-state index contributed by atoms with van der Waals surface area (Å²) in [5, 5.41) is 2.72. The normalized spacial score (nSPS) is 14.2. The van der Waals surface area contributed by atoms with E-state index < -0.39 is 5.54 Å². The Hall–Kier alpha value is -0.690. The van der Waals surface area contributed by atoms with Gasteiger partial charge >= 0.3 is 0 Å². The smallest absolute Gasteiger partial charge is 0.244 e. The van der Waals surface area contributed by atoms with E-state index >= 15 is 0 Å². The molecule has 1 amide bonds. The Bertz CT molecular complexity index is 421. The van der Waals surface area contributed by atoms with Crippen LogP contribution in [0.5, 0.6) is 0 Å². The van der Waals surface area contributed by atoms with Crippen molar-refractivity contribution >= 4 is 34.2 Å². The van der Waals surface area contributed by atoms with Crippen molar-refractivity contribution in [1.29, 1.82) is 0 Å². The number of nitrogens with two attached hydrogens (primary N) is 1. The van der Waals surface area contributed by atoms with Crippen LogP contribution >= 0.6 is 22.6 Å². The summed E-state index contributed by atoms with van der Waals surface area (Å²) < 4.78 is 13.6. The van der Waals surface area contributed by atoms with Gasteiger partial charge in [0.2, 0.25) is 5.91 Å². The molecule has 3 nitrogen and oxygen atoms in total. The topological polar surface area (TPSA) is 55.1 Å². The van der Waals surface area contributed by atoms with Gasteiger partial charge in [-0.2, -0.15) is 0 Å². The zero-order valence-corrected chi connectivity index (χ0v) is 12.0. The molecule has 0 saturated carbocycles. The maximum Gasteiger partial charge on any atom is 0.244 e. The summed E-state index contributed by atoms with van der Waals surface area (Å²) in [6.45, 7) is 3.67. The zero-order chi connectivity index (χ0) is 13.1. The van der Waals surface area contributed by atoms with Gasteiger partial charge in [0.25, 0.3) is 0 Å². The van der Waals surface area contributed by atoms with Crippen molar-refractivity contribution in [3.8, 4) is 0 Å². The summed E-state index contributed by atoms with van der Waals surface area (Å²) in [5.41, 5.74) is 5.60. The number of hydrogen-bond donors (Lipinski definition) is 2. The lowest BCUT2D eigenvalue weighted by molar-refractivity contribution is -0.120. The van der Waals surface area contributed by atoms with Crippen LogP contribution < -0.4 is 11.1 Å². The van der Waals surface area contributed by atoms with E-state index in [1.165, 1.54) is 18.2 Å². The summed E-state index contributed by atoms with van der Waals surface area (Å²) in [5.74, 6) is -0.569. The van der Waals surface area contributed by atoms with Gasteiger partial charge < -0.3 is 11.1 Å². The molecule has 1 atom stereocenters. The minimum atomic E-state index is -0.897. The van der Waals surface area contributed by atoms with Gasteiger partial charge in [0, 0.05) is 3.57 Å². The van der Waals surface area contributed by atoms with Crippen molar-refractivity contribution < 1.29 is 9.18 Å². The molecule has 0 aliphatic carbocycles. The van der Waals surface area contributed by atoms with Crippen molar-refractivity contribution in [3.63, 3.8) is 0 Å². The summed E-state index contributed by atoms with van der Waals surface area (Å²) >= 11 is 1.97. The first-order valence-electron chi connectivity index (χ1n) is 5.42. The molecule has 1 aromatic rings. The van der Waals surface area contributed by atoms with Crippen LogP contribution in [0.4, 0.5) is 10.1 Å². The second-order valence-corrected chi connectivity index (χ2v) is 5.41. The lowest BCUT2D eigenvalue weighted by Crippen LogP contribution is -2.48. The van der Waals surface area contributed by atoms with Crippen molar-refractivity contribution in [2.45, 2.75) is 32.2 Å². The fourth-order valence-corrected chi connectivity index (χ4v) is 2.10. The van der Waals surface area contributed by atoms with Gasteiger partial charge in [0.15, 0.2) is 0 Å². The minimum Gasteiger partial charge on any atom is -0.324 e. The molecular formula is C12H16FIN2O. The highest BCUT2D eigenvalue weighted by Gasteiger charge is 2.27. The van der Waals surface area contributed by atoms with E-state index in [1.807, 2.05) is 29.5 Å². The van der Waals surface area contributed by atoms with E-state index in [1.54, 1.807) is 6.92 Å². The number of anilines is 1. The molecule has 0 fully saturated rings. The molecule has 1 rings (SSSR count). The molecular weight excluding hydrogens is 334 g/mol. The highest BCUT2D eigenvalue weighted by Crippen LogP contribution is 2.21. The Kier molecular flexibility index (Phi) is 4.88. The number of carbonyl (C=O) groups excluding carboxylic acids is 1. The van der Waals surface area contributed by atoms with E-state index in [2.05, 4.69) is 5.32 Å². The number of carbonyl (C=O) groups is 1. The first-order chi connectivity index (χ1) is 7.86. The third kappa shape index (κ3) is 3.92. The molecule has 0 radical (unpaired) electrons. The average molecular weight is 350 g/mol.